The number of carbonyl (C=O) groups is 1. The monoisotopic (exact) mass is 520 g/mol. The number of carbonyl (C=O) groups excluding carboxylic acids is 1. The van der Waals surface area contributed by atoms with Crippen LogP contribution in [0.2, 0.25) is 0 Å². The van der Waals surface area contributed by atoms with Crippen molar-refractivity contribution in [3.05, 3.63) is 72.2 Å². The molecule has 0 spiro atoms. The molecular formula is C27H25FN4O4S. The molecule has 190 valence electrons. The van der Waals surface area contributed by atoms with Crippen LogP contribution >= 0.6 is 0 Å². The number of fused-ring (bicyclic) bond motifs is 1. The van der Waals surface area contributed by atoms with Crippen molar-refractivity contribution in [3.8, 4) is 11.3 Å². The van der Waals surface area contributed by atoms with Gasteiger partial charge in [0.25, 0.3) is 10.0 Å². The summed E-state index contributed by atoms with van der Waals surface area (Å²) in [5, 5.41) is 0.0863. The maximum atomic E-state index is 13.5. The molecular weight excluding hydrogens is 495 g/mol. The number of aryl methyl sites for hydroxylation is 1. The fraction of sp³-hybridized carbons (Fsp3) is 0.333. The second-order valence-electron chi connectivity index (χ2n) is 9.64. The lowest BCUT2D eigenvalue weighted by Crippen LogP contribution is -2.40. The summed E-state index contributed by atoms with van der Waals surface area (Å²) in [5.74, 6) is 0.733. The number of Topliss-reactive ketones (excluding diaryl/α,β-unsaturated/α-hetero) is 1. The number of ketones is 1. The number of aromatic nitrogens is 3. The predicted octanol–water partition coefficient (Wildman–Crippen LogP) is 4.66. The van der Waals surface area contributed by atoms with Crippen molar-refractivity contribution in [2.75, 3.05) is 6.54 Å². The molecule has 1 saturated heterocycles. The van der Waals surface area contributed by atoms with Crippen molar-refractivity contribution in [3.63, 3.8) is 0 Å². The van der Waals surface area contributed by atoms with Gasteiger partial charge in [-0.15, -0.1) is 0 Å². The maximum Gasteiger partial charge on any atom is 0.277 e. The second kappa shape index (κ2) is 9.42. The van der Waals surface area contributed by atoms with Crippen LogP contribution in [0.3, 0.4) is 0 Å². The molecule has 1 aliphatic heterocycles. The molecule has 3 aromatic heterocycles. The van der Waals surface area contributed by atoms with E-state index in [1.165, 1.54) is 28.6 Å². The average molecular weight is 521 g/mol. The van der Waals surface area contributed by atoms with Gasteiger partial charge in [0.1, 0.15) is 17.2 Å². The molecule has 37 heavy (non-hydrogen) atoms. The third-order valence-corrected chi connectivity index (χ3v) is 8.75. The molecule has 0 amide bonds. The molecule has 10 heteroatoms. The molecule has 2 aliphatic rings. The largest absolute Gasteiger partial charge is 0.443 e. The first kappa shape index (κ1) is 23.9. The highest BCUT2D eigenvalue weighted by atomic mass is 32.2. The van der Waals surface area contributed by atoms with E-state index in [2.05, 4.69) is 15.0 Å². The van der Waals surface area contributed by atoms with Gasteiger partial charge in [0.05, 0.1) is 11.7 Å². The third kappa shape index (κ3) is 4.78. The lowest BCUT2D eigenvalue weighted by Gasteiger charge is -2.21. The summed E-state index contributed by atoms with van der Waals surface area (Å²) in [5.41, 5.74) is 2.76. The number of pyridine rings is 1. The van der Waals surface area contributed by atoms with Gasteiger partial charge in [0.2, 0.25) is 5.09 Å². The minimum absolute atomic E-state index is 0.140. The van der Waals surface area contributed by atoms with Crippen LogP contribution in [0, 0.1) is 5.82 Å². The third-order valence-electron chi connectivity index (χ3n) is 6.99. The molecule has 8 nitrogen and oxygen atoms in total. The SMILES string of the molecule is O=C(CCc1ccnc(-c2cnc(C3CC3)nc2)c1)[C@@H]1CCCN1S(=O)(=O)c1cc2cc(F)ccc2o1. The minimum atomic E-state index is -4.04. The fourth-order valence-corrected chi connectivity index (χ4v) is 6.46. The topological polar surface area (TPSA) is 106 Å². The van der Waals surface area contributed by atoms with E-state index in [9.17, 15) is 17.6 Å². The standard InChI is InChI=1S/C27H25FN4O4S/c28-21-6-8-25-19(13-21)14-26(36-25)37(34,35)32-11-1-2-23(32)24(33)7-3-17-9-10-29-22(12-17)20-15-30-27(31-16-20)18-4-5-18/h6,8-10,12-16,18,23H,1-5,7,11H2/t23-/m0/s1. The van der Waals surface area contributed by atoms with E-state index in [0.717, 1.165) is 35.5 Å². The minimum Gasteiger partial charge on any atom is -0.443 e. The predicted molar refractivity (Wildman–Crippen MR) is 134 cm³/mol. The summed E-state index contributed by atoms with van der Waals surface area (Å²) in [4.78, 5) is 26.5. The Kier molecular flexibility index (Phi) is 6.08. The second-order valence-corrected chi connectivity index (χ2v) is 11.5. The normalized spacial score (nSPS) is 18.5. The summed E-state index contributed by atoms with van der Waals surface area (Å²) in [6.45, 7) is 0.237. The highest BCUT2D eigenvalue weighted by molar-refractivity contribution is 7.89. The van der Waals surface area contributed by atoms with E-state index < -0.39 is 21.9 Å². The van der Waals surface area contributed by atoms with E-state index in [-0.39, 0.29) is 29.4 Å². The van der Waals surface area contributed by atoms with E-state index in [4.69, 9.17) is 4.42 Å². The highest BCUT2D eigenvalue weighted by Crippen LogP contribution is 2.38. The van der Waals surface area contributed by atoms with Crippen LogP contribution in [0.4, 0.5) is 4.39 Å². The molecule has 4 heterocycles. The Morgan fingerprint density at radius 1 is 1.05 bits per heavy atom. The molecule has 2 fully saturated rings. The zero-order valence-electron chi connectivity index (χ0n) is 20.0. The van der Waals surface area contributed by atoms with Crippen LogP contribution in [-0.2, 0) is 21.2 Å². The van der Waals surface area contributed by atoms with Crippen LogP contribution in [0.25, 0.3) is 22.2 Å². The van der Waals surface area contributed by atoms with E-state index in [0.29, 0.717) is 30.6 Å². The molecule has 0 bridgehead atoms. The van der Waals surface area contributed by atoms with Gasteiger partial charge in [-0.25, -0.2) is 22.8 Å². The quantitative estimate of drug-likeness (QED) is 0.333. The lowest BCUT2D eigenvalue weighted by atomic mass is 10.0. The summed E-state index contributed by atoms with van der Waals surface area (Å²) in [6, 6.07) is 8.16. The molecule has 6 rings (SSSR count). The van der Waals surface area contributed by atoms with Gasteiger partial charge in [-0.2, -0.15) is 4.31 Å². The zero-order valence-corrected chi connectivity index (χ0v) is 20.8. The van der Waals surface area contributed by atoms with Crippen molar-refractivity contribution in [1.29, 1.82) is 0 Å². The van der Waals surface area contributed by atoms with Gasteiger partial charge in [-0.05, 0) is 68.0 Å². The fourth-order valence-electron chi connectivity index (χ4n) is 4.83. The Bertz CT molecular complexity index is 1580. The van der Waals surface area contributed by atoms with Gasteiger partial charge in [0, 0.05) is 54.5 Å². The summed E-state index contributed by atoms with van der Waals surface area (Å²) >= 11 is 0. The highest BCUT2D eigenvalue weighted by Gasteiger charge is 2.40. The summed E-state index contributed by atoms with van der Waals surface area (Å²) < 4.78 is 46.9. The molecule has 1 saturated carbocycles. The average Bonchev–Trinajstić information content (AvgIpc) is 3.46. The van der Waals surface area contributed by atoms with Crippen molar-refractivity contribution in [2.24, 2.45) is 0 Å². The molecule has 4 aromatic rings. The summed E-state index contributed by atoms with van der Waals surface area (Å²) in [6.07, 6.45) is 9.24. The Labute approximate surface area is 213 Å². The van der Waals surface area contributed by atoms with Gasteiger partial charge < -0.3 is 4.42 Å². The maximum absolute atomic E-state index is 13.5. The number of furan rings is 1. The first-order valence-corrected chi connectivity index (χ1v) is 13.8. The molecule has 1 aliphatic carbocycles. The van der Waals surface area contributed by atoms with E-state index in [1.807, 2.05) is 12.1 Å². The first-order valence-electron chi connectivity index (χ1n) is 12.4. The first-order chi connectivity index (χ1) is 17.9. The summed E-state index contributed by atoms with van der Waals surface area (Å²) in [7, 11) is -4.04. The van der Waals surface area contributed by atoms with Crippen LogP contribution in [-0.4, -0.2) is 46.0 Å². The smallest absolute Gasteiger partial charge is 0.277 e. The Morgan fingerprint density at radius 2 is 1.86 bits per heavy atom. The number of sulfonamides is 1. The molecule has 0 unspecified atom stereocenters. The van der Waals surface area contributed by atoms with Crippen molar-refractivity contribution in [2.45, 2.75) is 55.6 Å². The van der Waals surface area contributed by atoms with Gasteiger partial charge in [0.15, 0.2) is 5.78 Å². The van der Waals surface area contributed by atoms with Crippen molar-refractivity contribution in [1.82, 2.24) is 19.3 Å². The number of nitrogens with zero attached hydrogens (tertiary/aromatic N) is 4. The number of benzene rings is 1. The Hall–Kier alpha value is -3.50. The van der Waals surface area contributed by atoms with Crippen molar-refractivity contribution < 1.29 is 22.0 Å². The van der Waals surface area contributed by atoms with Gasteiger partial charge in [-0.3, -0.25) is 9.78 Å². The lowest BCUT2D eigenvalue weighted by molar-refractivity contribution is -0.122. The number of halogens is 1. The molecule has 1 aromatic carbocycles. The Balaban J connectivity index is 1.15. The van der Waals surface area contributed by atoms with Crippen LogP contribution < -0.4 is 0 Å². The number of rotatable bonds is 8. The van der Waals surface area contributed by atoms with Crippen molar-refractivity contribution >= 4 is 26.8 Å². The molecule has 0 radical (unpaired) electrons. The Morgan fingerprint density at radius 3 is 2.65 bits per heavy atom. The molecule has 0 N–H and O–H groups in total. The van der Waals surface area contributed by atoms with Gasteiger partial charge >= 0.3 is 0 Å². The number of hydrogen-bond donors (Lipinski definition) is 0. The van der Waals surface area contributed by atoms with Crippen LogP contribution in [0.1, 0.15) is 49.4 Å². The zero-order chi connectivity index (χ0) is 25.6. The van der Waals surface area contributed by atoms with Crippen LogP contribution in [0.15, 0.2) is 64.5 Å². The van der Waals surface area contributed by atoms with Crippen LogP contribution in [0.5, 0.6) is 0 Å². The van der Waals surface area contributed by atoms with E-state index >= 15 is 0 Å². The number of hydrogen-bond acceptors (Lipinski definition) is 7. The van der Waals surface area contributed by atoms with E-state index in [1.54, 1.807) is 18.6 Å². The molecule has 1 atom stereocenters. The van der Waals surface area contributed by atoms with Gasteiger partial charge in [-0.1, -0.05) is 0 Å².